The van der Waals surface area contributed by atoms with Crippen molar-refractivity contribution in [1.82, 2.24) is 0 Å². The number of halogens is 2. The van der Waals surface area contributed by atoms with E-state index in [0.29, 0.717) is 6.10 Å². The molecule has 94 valence electrons. The molecule has 0 aromatic heterocycles. The maximum Gasteiger partial charge on any atom is 0.123 e. The number of hydrogen-bond acceptors (Lipinski definition) is 1. The van der Waals surface area contributed by atoms with Gasteiger partial charge in [-0.25, -0.2) is 0 Å². The van der Waals surface area contributed by atoms with Crippen molar-refractivity contribution < 1.29 is 4.74 Å². The Morgan fingerprint density at radius 1 is 1.41 bits per heavy atom. The van der Waals surface area contributed by atoms with Crippen LogP contribution in [0.25, 0.3) is 0 Å². The van der Waals surface area contributed by atoms with Crippen LogP contribution in [0.4, 0.5) is 0 Å². The molecule has 0 bridgehead atoms. The van der Waals surface area contributed by atoms with E-state index in [2.05, 4.69) is 22.9 Å². The molecule has 0 N–H and O–H groups in total. The van der Waals surface area contributed by atoms with Crippen LogP contribution in [0.2, 0.25) is 5.02 Å². The van der Waals surface area contributed by atoms with E-state index in [-0.39, 0.29) is 0 Å². The molecule has 2 rings (SSSR count). The molecule has 0 saturated heterocycles. The normalized spacial score (nSPS) is 24.6. The number of ether oxygens (including phenoxy) is 1. The fourth-order valence-corrected chi connectivity index (χ4v) is 3.07. The van der Waals surface area contributed by atoms with Gasteiger partial charge in [-0.1, -0.05) is 40.9 Å². The Balaban J connectivity index is 2.07. The van der Waals surface area contributed by atoms with Crippen molar-refractivity contribution in [2.75, 3.05) is 0 Å². The monoisotopic (exact) mass is 316 g/mol. The molecule has 1 nitrogen and oxygen atoms in total. The van der Waals surface area contributed by atoms with Crippen LogP contribution in [-0.4, -0.2) is 6.10 Å². The summed E-state index contributed by atoms with van der Waals surface area (Å²) in [5.74, 6) is 1.76. The van der Waals surface area contributed by atoms with Gasteiger partial charge in [0.05, 0.1) is 6.10 Å². The van der Waals surface area contributed by atoms with Gasteiger partial charge in [-0.05, 0) is 43.4 Å². The molecule has 1 aromatic rings. The second kappa shape index (κ2) is 6.10. The summed E-state index contributed by atoms with van der Waals surface area (Å²) in [5.41, 5.74) is 1.13. The summed E-state index contributed by atoms with van der Waals surface area (Å²) in [4.78, 5) is 0. The highest BCUT2D eigenvalue weighted by molar-refractivity contribution is 9.08. The third-order valence-corrected chi connectivity index (χ3v) is 4.19. The van der Waals surface area contributed by atoms with Gasteiger partial charge in [-0.15, -0.1) is 0 Å². The van der Waals surface area contributed by atoms with Crippen LogP contribution in [-0.2, 0) is 5.33 Å². The summed E-state index contributed by atoms with van der Waals surface area (Å²) in [6.07, 6.45) is 5.34. The van der Waals surface area contributed by atoms with E-state index in [1.165, 1.54) is 25.7 Å². The Kier molecular flexibility index (Phi) is 4.75. The Morgan fingerprint density at radius 3 is 2.94 bits per heavy atom. The van der Waals surface area contributed by atoms with Gasteiger partial charge in [0.15, 0.2) is 0 Å². The standard InChI is InChI=1S/C14H18BrClO/c1-10-3-2-4-13(7-10)17-14-6-5-12(16)8-11(14)9-15/h5-6,8,10,13H,2-4,7,9H2,1H3. The highest BCUT2D eigenvalue weighted by Gasteiger charge is 2.21. The smallest absolute Gasteiger partial charge is 0.123 e. The average molecular weight is 318 g/mol. The number of hydrogen-bond donors (Lipinski definition) is 0. The van der Waals surface area contributed by atoms with Gasteiger partial charge < -0.3 is 4.74 Å². The van der Waals surface area contributed by atoms with Crippen molar-refractivity contribution in [2.24, 2.45) is 5.92 Å². The Labute approximate surface area is 117 Å². The molecular formula is C14H18BrClO. The first-order chi connectivity index (χ1) is 8.19. The third kappa shape index (κ3) is 3.62. The van der Waals surface area contributed by atoms with Crippen molar-refractivity contribution >= 4 is 27.5 Å². The first-order valence-corrected chi connectivity index (χ1v) is 7.70. The van der Waals surface area contributed by atoms with Crippen LogP contribution in [0.15, 0.2) is 18.2 Å². The number of alkyl halides is 1. The quantitative estimate of drug-likeness (QED) is 0.697. The average Bonchev–Trinajstić information content (AvgIpc) is 2.31. The van der Waals surface area contributed by atoms with Crippen molar-refractivity contribution in [3.05, 3.63) is 28.8 Å². The van der Waals surface area contributed by atoms with Crippen LogP contribution >= 0.6 is 27.5 Å². The lowest BCUT2D eigenvalue weighted by molar-refractivity contribution is 0.128. The molecule has 17 heavy (non-hydrogen) atoms. The van der Waals surface area contributed by atoms with Gasteiger partial charge in [-0.3, -0.25) is 0 Å². The minimum Gasteiger partial charge on any atom is -0.490 e. The summed E-state index contributed by atoms with van der Waals surface area (Å²) in [5, 5.41) is 1.55. The fourth-order valence-electron chi connectivity index (χ4n) is 2.43. The van der Waals surface area contributed by atoms with E-state index in [1.807, 2.05) is 18.2 Å². The summed E-state index contributed by atoms with van der Waals surface area (Å²) in [6, 6.07) is 5.85. The maximum atomic E-state index is 6.11. The summed E-state index contributed by atoms with van der Waals surface area (Å²) in [6.45, 7) is 2.31. The zero-order valence-electron chi connectivity index (χ0n) is 10.1. The molecule has 0 aliphatic heterocycles. The Morgan fingerprint density at radius 2 is 2.24 bits per heavy atom. The SMILES string of the molecule is CC1CCCC(Oc2ccc(Cl)cc2CBr)C1. The molecule has 1 aromatic carbocycles. The molecule has 2 unspecified atom stereocenters. The third-order valence-electron chi connectivity index (χ3n) is 3.35. The predicted octanol–water partition coefficient (Wildman–Crippen LogP) is 5.19. The lowest BCUT2D eigenvalue weighted by atomic mass is 9.88. The van der Waals surface area contributed by atoms with E-state index < -0.39 is 0 Å². The summed E-state index contributed by atoms with van der Waals surface area (Å²) >= 11 is 9.47. The second-order valence-corrected chi connectivity index (χ2v) is 5.89. The van der Waals surface area contributed by atoms with Crippen LogP contribution in [0, 0.1) is 5.92 Å². The molecule has 2 atom stereocenters. The summed E-state index contributed by atoms with van der Waals surface area (Å²) < 4.78 is 6.11. The van der Waals surface area contributed by atoms with Gasteiger partial charge in [0.1, 0.15) is 5.75 Å². The highest BCUT2D eigenvalue weighted by atomic mass is 79.9. The van der Waals surface area contributed by atoms with Crippen molar-refractivity contribution in [1.29, 1.82) is 0 Å². The topological polar surface area (TPSA) is 9.23 Å². The first-order valence-electron chi connectivity index (χ1n) is 6.20. The predicted molar refractivity (Wildman–Crippen MR) is 76.1 cm³/mol. The van der Waals surface area contributed by atoms with Gasteiger partial charge in [0.2, 0.25) is 0 Å². The van der Waals surface area contributed by atoms with Crippen molar-refractivity contribution in [2.45, 2.75) is 44.0 Å². The van der Waals surface area contributed by atoms with Crippen molar-refractivity contribution in [3.63, 3.8) is 0 Å². The van der Waals surface area contributed by atoms with E-state index in [0.717, 1.165) is 27.6 Å². The minimum atomic E-state index is 0.373. The minimum absolute atomic E-state index is 0.373. The maximum absolute atomic E-state index is 6.11. The molecule has 1 aliphatic rings. The molecule has 0 radical (unpaired) electrons. The molecule has 1 saturated carbocycles. The van der Waals surface area contributed by atoms with E-state index in [1.54, 1.807) is 0 Å². The van der Waals surface area contributed by atoms with Gasteiger partial charge >= 0.3 is 0 Å². The lowest BCUT2D eigenvalue weighted by Gasteiger charge is -2.28. The molecular weight excluding hydrogens is 300 g/mol. The van der Waals surface area contributed by atoms with Crippen molar-refractivity contribution in [3.8, 4) is 5.75 Å². The lowest BCUT2D eigenvalue weighted by Crippen LogP contribution is -2.24. The highest BCUT2D eigenvalue weighted by Crippen LogP contribution is 2.31. The molecule has 3 heteroatoms. The Hall–Kier alpha value is -0.210. The summed E-state index contributed by atoms with van der Waals surface area (Å²) in [7, 11) is 0. The van der Waals surface area contributed by atoms with E-state index >= 15 is 0 Å². The molecule has 1 aliphatic carbocycles. The molecule has 0 heterocycles. The van der Waals surface area contributed by atoms with E-state index in [9.17, 15) is 0 Å². The largest absolute Gasteiger partial charge is 0.490 e. The zero-order chi connectivity index (χ0) is 12.3. The van der Waals surface area contributed by atoms with Crippen LogP contribution < -0.4 is 4.74 Å². The first kappa shape index (κ1) is 13.2. The molecule has 0 spiro atoms. The van der Waals surface area contributed by atoms with Crippen LogP contribution in [0.3, 0.4) is 0 Å². The van der Waals surface area contributed by atoms with Gasteiger partial charge in [0, 0.05) is 15.9 Å². The van der Waals surface area contributed by atoms with Gasteiger partial charge in [-0.2, -0.15) is 0 Å². The van der Waals surface area contributed by atoms with Crippen LogP contribution in [0.1, 0.15) is 38.2 Å². The zero-order valence-corrected chi connectivity index (χ0v) is 12.4. The van der Waals surface area contributed by atoms with Gasteiger partial charge in [0.25, 0.3) is 0 Å². The fraction of sp³-hybridized carbons (Fsp3) is 0.571. The van der Waals surface area contributed by atoms with Crippen LogP contribution in [0.5, 0.6) is 5.75 Å². The molecule has 1 fully saturated rings. The number of rotatable bonds is 3. The molecule has 0 amide bonds. The number of benzene rings is 1. The Bertz CT molecular complexity index is 380. The van der Waals surface area contributed by atoms with E-state index in [4.69, 9.17) is 16.3 Å². The second-order valence-electron chi connectivity index (χ2n) is 4.90.